The Kier molecular flexibility index (Phi) is 3.70. The highest BCUT2D eigenvalue weighted by Gasteiger charge is 2.36. The third-order valence-electron chi connectivity index (χ3n) is 3.02. The van der Waals surface area contributed by atoms with Gasteiger partial charge in [0.05, 0.1) is 4.99 Å². The molecule has 0 aromatic carbocycles. The van der Waals surface area contributed by atoms with Crippen LogP contribution < -0.4 is 10.5 Å². The first kappa shape index (κ1) is 12.8. The largest absolute Gasteiger partial charge is 0.393 e. The summed E-state index contributed by atoms with van der Waals surface area (Å²) in [5, 5.41) is 0. The lowest BCUT2D eigenvalue weighted by Crippen LogP contribution is -2.49. The molecule has 3 N–H and O–H groups in total. The van der Waals surface area contributed by atoms with E-state index in [-0.39, 0.29) is 5.41 Å². The Morgan fingerprint density at radius 1 is 1.47 bits per heavy atom. The lowest BCUT2D eigenvalue weighted by atomic mass is 9.81. The second-order valence-corrected chi connectivity index (χ2v) is 6.35. The minimum atomic E-state index is -3.30. The number of piperidine rings is 1. The van der Waals surface area contributed by atoms with Crippen LogP contribution in [-0.4, -0.2) is 37.8 Å². The average Bonchev–Trinajstić information content (AvgIpc) is 2.18. The number of thiocarbonyl (C=S) groups is 1. The molecule has 0 aliphatic carbocycles. The van der Waals surface area contributed by atoms with Crippen LogP contribution in [0, 0.1) is 5.41 Å². The molecule has 0 bridgehead atoms. The van der Waals surface area contributed by atoms with Gasteiger partial charge >= 0.3 is 0 Å². The topological polar surface area (TPSA) is 75.4 Å². The van der Waals surface area contributed by atoms with Gasteiger partial charge in [-0.05, 0) is 12.8 Å². The van der Waals surface area contributed by atoms with Crippen molar-refractivity contribution in [2.45, 2.75) is 19.8 Å². The van der Waals surface area contributed by atoms with E-state index in [9.17, 15) is 8.42 Å². The Labute approximate surface area is 96.2 Å². The van der Waals surface area contributed by atoms with Gasteiger partial charge in [0.1, 0.15) is 0 Å². The van der Waals surface area contributed by atoms with Gasteiger partial charge in [-0.2, -0.15) is 12.7 Å². The van der Waals surface area contributed by atoms with Crippen molar-refractivity contribution in [3.8, 4) is 0 Å². The molecule has 0 unspecified atom stereocenters. The van der Waals surface area contributed by atoms with Gasteiger partial charge in [0, 0.05) is 25.6 Å². The maximum atomic E-state index is 11.5. The zero-order valence-electron chi connectivity index (χ0n) is 8.99. The van der Waals surface area contributed by atoms with Crippen molar-refractivity contribution in [3.05, 3.63) is 0 Å². The minimum absolute atomic E-state index is 0.199. The van der Waals surface area contributed by atoms with Gasteiger partial charge in [0.25, 0.3) is 10.2 Å². The Bertz CT molecular complexity index is 345. The molecular formula is C8H17N3O2S2. The minimum Gasteiger partial charge on any atom is -0.393 e. The van der Waals surface area contributed by atoms with Gasteiger partial charge in [0.2, 0.25) is 0 Å². The quantitative estimate of drug-likeness (QED) is 0.683. The molecule has 1 aliphatic rings. The molecule has 0 saturated carbocycles. The van der Waals surface area contributed by atoms with E-state index >= 15 is 0 Å². The number of rotatable bonds is 3. The van der Waals surface area contributed by atoms with E-state index in [1.807, 2.05) is 6.92 Å². The monoisotopic (exact) mass is 251 g/mol. The standard InChI is InChI=1S/C8H17N3O2S2/c1-8(7(9)14)3-5-11(6-4-8)15(12,13)10-2/h10H,3-6H2,1-2H3,(H2,9,14). The summed E-state index contributed by atoms with van der Waals surface area (Å²) in [6.45, 7) is 2.92. The molecule has 15 heavy (non-hydrogen) atoms. The van der Waals surface area contributed by atoms with Crippen LogP contribution in [0.1, 0.15) is 19.8 Å². The predicted molar refractivity (Wildman–Crippen MR) is 63.7 cm³/mol. The van der Waals surface area contributed by atoms with Crippen molar-refractivity contribution < 1.29 is 8.42 Å². The van der Waals surface area contributed by atoms with Crippen LogP contribution in [0.3, 0.4) is 0 Å². The molecule has 1 fully saturated rings. The molecule has 1 saturated heterocycles. The average molecular weight is 251 g/mol. The number of nitrogens with two attached hydrogens (primary N) is 1. The summed E-state index contributed by atoms with van der Waals surface area (Å²) < 4.78 is 26.7. The molecular weight excluding hydrogens is 234 g/mol. The van der Waals surface area contributed by atoms with E-state index in [1.54, 1.807) is 0 Å². The highest BCUT2D eigenvalue weighted by molar-refractivity contribution is 7.87. The summed E-state index contributed by atoms with van der Waals surface area (Å²) in [4.78, 5) is 0.476. The molecule has 1 rings (SSSR count). The summed E-state index contributed by atoms with van der Waals surface area (Å²) in [7, 11) is -1.88. The van der Waals surface area contributed by atoms with Crippen LogP contribution in [0.5, 0.6) is 0 Å². The first-order chi connectivity index (χ1) is 6.82. The first-order valence-electron chi connectivity index (χ1n) is 4.80. The second-order valence-electron chi connectivity index (χ2n) is 4.03. The van der Waals surface area contributed by atoms with E-state index in [4.69, 9.17) is 18.0 Å². The van der Waals surface area contributed by atoms with Crippen molar-refractivity contribution in [1.82, 2.24) is 9.03 Å². The fourth-order valence-corrected chi connectivity index (χ4v) is 2.72. The third kappa shape index (κ3) is 2.66. The van der Waals surface area contributed by atoms with Crippen LogP contribution in [0.15, 0.2) is 0 Å². The SMILES string of the molecule is CNS(=O)(=O)N1CCC(C)(C(N)=S)CC1. The highest BCUT2D eigenvalue weighted by atomic mass is 32.2. The number of hydrogen-bond acceptors (Lipinski definition) is 3. The summed E-state index contributed by atoms with van der Waals surface area (Å²) in [6, 6.07) is 0. The molecule has 88 valence electrons. The van der Waals surface area contributed by atoms with Gasteiger partial charge in [0.15, 0.2) is 0 Å². The predicted octanol–water partition coefficient (Wildman–Crippen LogP) is -0.161. The van der Waals surface area contributed by atoms with E-state index in [0.717, 1.165) is 0 Å². The van der Waals surface area contributed by atoms with Gasteiger partial charge in [-0.3, -0.25) is 0 Å². The maximum absolute atomic E-state index is 11.5. The Balaban J connectivity index is 2.68. The highest BCUT2D eigenvalue weighted by Crippen LogP contribution is 2.31. The van der Waals surface area contributed by atoms with Gasteiger partial charge in [-0.1, -0.05) is 19.1 Å². The molecule has 5 nitrogen and oxygen atoms in total. The van der Waals surface area contributed by atoms with Crippen molar-refractivity contribution in [2.75, 3.05) is 20.1 Å². The lowest BCUT2D eigenvalue weighted by molar-refractivity contribution is 0.242. The summed E-state index contributed by atoms with van der Waals surface area (Å²) in [5.41, 5.74) is 5.44. The van der Waals surface area contributed by atoms with Crippen LogP contribution in [0.25, 0.3) is 0 Å². The molecule has 0 aromatic rings. The Morgan fingerprint density at radius 3 is 2.27 bits per heavy atom. The van der Waals surface area contributed by atoms with Gasteiger partial charge < -0.3 is 5.73 Å². The normalized spacial score (nSPS) is 22.5. The fraction of sp³-hybridized carbons (Fsp3) is 0.875. The summed E-state index contributed by atoms with van der Waals surface area (Å²) >= 11 is 4.98. The zero-order valence-corrected chi connectivity index (χ0v) is 10.6. The molecule has 0 atom stereocenters. The van der Waals surface area contributed by atoms with Crippen molar-refractivity contribution in [1.29, 1.82) is 0 Å². The van der Waals surface area contributed by atoms with Crippen LogP contribution >= 0.6 is 12.2 Å². The van der Waals surface area contributed by atoms with E-state index in [2.05, 4.69) is 4.72 Å². The van der Waals surface area contributed by atoms with E-state index in [0.29, 0.717) is 30.9 Å². The number of nitrogens with one attached hydrogen (secondary N) is 1. The lowest BCUT2D eigenvalue weighted by Gasteiger charge is -2.37. The second kappa shape index (κ2) is 4.32. The third-order valence-corrected chi connectivity index (χ3v) is 5.07. The molecule has 1 aliphatic heterocycles. The number of nitrogens with zero attached hydrogens (tertiary/aromatic N) is 1. The van der Waals surface area contributed by atoms with E-state index < -0.39 is 10.2 Å². The molecule has 0 aromatic heterocycles. The Morgan fingerprint density at radius 2 is 1.93 bits per heavy atom. The van der Waals surface area contributed by atoms with Gasteiger partial charge in [-0.25, -0.2) is 4.72 Å². The smallest absolute Gasteiger partial charge is 0.279 e. The van der Waals surface area contributed by atoms with Crippen LogP contribution in [0.2, 0.25) is 0 Å². The maximum Gasteiger partial charge on any atom is 0.279 e. The first-order valence-corrected chi connectivity index (χ1v) is 6.65. The zero-order chi connectivity index (χ0) is 11.7. The molecule has 1 heterocycles. The molecule has 0 amide bonds. The molecule has 0 radical (unpaired) electrons. The molecule has 7 heteroatoms. The summed E-state index contributed by atoms with van der Waals surface area (Å²) in [6.07, 6.45) is 1.37. The van der Waals surface area contributed by atoms with Gasteiger partial charge in [-0.15, -0.1) is 0 Å². The van der Waals surface area contributed by atoms with Crippen LogP contribution in [-0.2, 0) is 10.2 Å². The number of hydrogen-bond donors (Lipinski definition) is 2. The van der Waals surface area contributed by atoms with Crippen LogP contribution in [0.4, 0.5) is 0 Å². The fourth-order valence-electron chi connectivity index (χ4n) is 1.60. The van der Waals surface area contributed by atoms with E-state index in [1.165, 1.54) is 11.4 Å². The van der Waals surface area contributed by atoms with Crippen molar-refractivity contribution in [2.24, 2.45) is 11.1 Å². The molecule has 0 spiro atoms. The van der Waals surface area contributed by atoms with Crippen molar-refractivity contribution in [3.63, 3.8) is 0 Å². The Hall–Kier alpha value is -0.240. The van der Waals surface area contributed by atoms with Crippen molar-refractivity contribution >= 4 is 27.4 Å². The summed E-state index contributed by atoms with van der Waals surface area (Å²) in [5.74, 6) is 0.